The molecule has 0 aromatic heterocycles. The SMILES string of the molecule is COc1cccc(C2/C(=C(/O)c3cccc([N+](=O)[O-])c3)C(=O)C(=O)N2c2cccc(C(F)(F)F)c2)c1. The fraction of sp³-hybridized carbons (Fsp3) is 0.120. The zero-order chi connectivity index (χ0) is 26.2. The Bertz CT molecular complexity index is 1420. The second-order valence-corrected chi connectivity index (χ2v) is 7.80. The first-order valence-corrected chi connectivity index (χ1v) is 10.4. The number of Topliss-reactive ketones (excluding diaryl/α,β-unsaturated/α-hetero) is 1. The zero-order valence-electron chi connectivity index (χ0n) is 18.5. The van der Waals surface area contributed by atoms with Crippen molar-refractivity contribution in [3.8, 4) is 5.75 Å². The van der Waals surface area contributed by atoms with E-state index in [1.54, 1.807) is 12.1 Å². The molecule has 0 spiro atoms. The smallest absolute Gasteiger partial charge is 0.416 e. The predicted octanol–water partition coefficient (Wildman–Crippen LogP) is 5.25. The highest BCUT2D eigenvalue weighted by atomic mass is 19.4. The Morgan fingerprint density at radius 3 is 2.39 bits per heavy atom. The van der Waals surface area contributed by atoms with Crippen LogP contribution in [0.4, 0.5) is 24.5 Å². The number of hydrogen-bond acceptors (Lipinski definition) is 6. The molecule has 1 fully saturated rings. The summed E-state index contributed by atoms with van der Waals surface area (Å²) >= 11 is 0. The van der Waals surface area contributed by atoms with E-state index in [1.165, 1.54) is 43.5 Å². The lowest BCUT2D eigenvalue weighted by atomic mass is 9.94. The molecule has 184 valence electrons. The number of aliphatic hydroxyl groups is 1. The highest BCUT2D eigenvalue weighted by Gasteiger charge is 2.47. The molecule has 0 saturated carbocycles. The Morgan fingerprint density at radius 2 is 1.72 bits per heavy atom. The number of methoxy groups -OCH3 is 1. The number of aliphatic hydroxyl groups excluding tert-OH is 1. The molecular weight excluding hydrogens is 481 g/mol. The Balaban J connectivity index is 1.97. The molecule has 11 heteroatoms. The number of hydrogen-bond donors (Lipinski definition) is 1. The number of carbonyl (C=O) groups is 2. The van der Waals surface area contributed by atoms with Crippen LogP contribution in [0.5, 0.6) is 5.75 Å². The Hall–Kier alpha value is -4.67. The number of anilines is 1. The van der Waals surface area contributed by atoms with Gasteiger partial charge in [0, 0.05) is 23.4 Å². The predicted molar refractivity (Wildman–Crippen MR) is 122 cm³/mol. The van der Waals surface area contributed by atoms with Gasteiger partial charge in [-0.2, -0.15) is 13.2 Å². The maximum absolute atomic E-state index is 13.4. The van der Waals surface area contributed by atoms with Crippen molar-refractivity contribution in [2.45, 2.75) is 12.2 Å². The van der Waals surface area contributed by atoms with Gasteiger partial charge >= 0.3 is 6.18 Å². The lowest BCUT2D eigenvalue weighted by Crippen LogP contribution is -2.29. The van der Waals surface area contributed by atoms with E-state index in [1.807, 2.05) is 0 Å². The fourth-order valence-corrected chi connectivity index (χ4v) is 3.98. The van der Waals surface area contributed by atoms with Gasteiger partial charge in [0.15, 0.2) is 0 Å². The third-order valence-corrected chi connectivity index (χ3v) is 5.64. The summed E-state index contributed by atoms with van der Waals surface area (Å²) in [5.74, 6) is -2.71. The van der Waals surface area contributed by atoms with E-state index in [0.29, 0.717) is 5.75 Å². The van der Waals surface area contributed by atoms with Crippen molar-refractivity contribution in [1.29, 1.82) is 0 Å². The molecule has 3 aromatic carbocycles. The van der Waals surface area contributed by atoms with Crippen molar-refractivity contribution in [1.82, 2.24) is 0 Å². The van der Waals surface area contributed by atoms with Crippen LogP contribution in [0.25, 0.3) is 5.76 Å². The van der Waals surface area contributed by atoms with E-state index in [0.717, 1.165) is 29.2 Å². The summed E-state index contributed by atoms with van der Waals surface area (Å²) < 4.78 is 45.4. The lowest BCUT2D eigenvalue weighted by Gasteiger charge is -2.26. The quantitative estimate of drug-likeness (QED) is 0.169. The molecule has 0 aliphatic carbocycles. The summed E-state index contributed by atoms with van der Waals surface area (Å²) in [7, 11) is 1.38. The number of nitrogens with zero attached hydrogens (tertiary/aromatic N) is 2. The molecule has 0 radical (unpaired) electrons. The molecule has 0 bridgehead atoms. The summed E-state index contributed by atoms with van der Waals surface area (Å²) in [6, 6.07) is 13.5. The van der Waals surface area contributed by atoms with Crippen LogP contribution in [-0.4, -0.2) is 28.8 Å². The van der Waals surface area contributed by atoms with Crippen molar-refractivity contribution in [2.24, 2.45) is 0 Å². The molecule has 4 rings (SSSR count). The van der Waals surface area contributed by atoms with E-state index >= 15 is 0 Å². The van der Waals surface area contributed by atoms with Crippen LogP contribution in [0.3, 0.4) is 0 Å². The van der Waals surface area contributed by atoms with Gasteiger partial charge in [0.05, 0.1) is 29.2 Å². The van der Waals surface area contributed by atoms with Crippen LogP contribution in [0, 0.1) is 10.1 Å². The van der Waals surface area contributed by atoms with Gasteiger partial charge in [-0.05, 0) is 35.9 Å². The topological polar surface area (TPSA) is 110 Å². The Kier molecular flexibility index (Phi) is 6.23. The van der Waals surface area contributed by atoms with Gasteiger partial charge in [-0.1, -0.05) is 30.3 Å². The van der Waals surface area contributed by atoms with E-state index in [4.69, 9.17) is 4.74 Å². The number of carbonyl (C=O) groups excluding carboxylic acids is 2. The first-order chi connectivity index (χ1) is 17.0. The van der Waals surface area contributed by atoms with Crippen LogP contribution in [0.1, 0.15) is 22.7 Å². The molecular formula is C25H17F3N2O6. The first kappa shape index (κ1) is 24.5. The maximum atomic E-state index is 13.4. The third-order valence-electron chi connectivity index (χ3n) is 5.64. The van der Waals surface area contributed by atoms with Gasteiger partial charge < -0.3 is 9.84 Å². The second kappa shape index (κ2) is 9.17. The fourth-order valence-electron chi connectivity index (χ4n) is 3.98. The number of rotatable bonds is 5. The van der Waals surface area contributed by atoms with Crippen LogP contribution in [0.15, 0.2) is 78.4 Å². The number of benzene rings is 3. The lowest BCUT2D eigenvalue weighted by molar-refractivity contribution is -0.384. The van der Waals surface area contributed by atoms with Crippen molar-refractivity contribution >= 4 is 28.8 Å². The van der Waals surface area contributed by atoms with Crippen molar-refractivity contribution in [2.75, 3.05) is 12.0 Å². The highest BCUT2D eigenvalue weighted by molar-refractivity contribution is 6.51. The van der Waals surface area contributed by atoms with E-state index in [-0.39, 0.29) is 22.5 Å². The van der Waals surface area contributed by atoms with Gasteiger partial charge in [-0.25, -0.2) is 0 Å². The standard InChI is InChI=1S/C25H17F3N2O6/c1-36-19-10-3-5-14(12-19)21-20(22(31)15-6-2-9-18(11-15)30(34)35)23(32)24(33)29(21)17-8-4-7-16(13-17)25(26,27)28/h2-13,21,31H,1H3/b22-20-. The van der Waals surface area contributed by atoms with Crippen LogP contribution in [-0.2, 0) is 15.8 Å². The average Bonchev–Trinajstić information content (AvgIpc) is 3.13. The number of nitro benzene ring substituents is 1. The first-order valence-electron chi connectivity index (χ1n) is 10.4. The van der Waals surface area contributed by atoms with Gasteiger partial charge in [-0.3, -0.25) is 24.6 Å². The van der Waals surface area contributed by atoms with Crippen LogP contribution >= 0.6 is 0 Å². The number of amides is 1. The van der Waals surface area contributed by atoms with Crippen molar-refractivity contribution < 1.29 is 37.5 Å². The van der Waals surface area contributed by atoms with Gasteiger partial charge in [0.25, 0.3) is 17.4 Å². The molecule has 36 heavy (non-hydrogen) atoms. The molecule has 1 saturated heterocycles. The van der Waals surface area contributed by atoms with Gasteiger partial charge in [0.2, 0.25) is 0 Å². The zero-order valence-corrected chi connectivity index (χ0v) is 18.5. The maximum Gasteiger partial charge on any atom is 0.416 e. The van der Waals surface area contributed by atoms with E-state index in [9.17, 15) is 38.0 Å². The van der Waals surface area contributed by atoms with E-state index in [2.05, 4.69) is 0 Å². The number of alkyl halides is 3. The molecule has 1 N–H and O–H groups in total. The van der Waals surface area contributed by atoms with Crippen molar-refractivity contribution in [3.63, 3.8) is 0 Å². The van der Waals surface area contributed by atoms with Crippen molar-refractivity contribution in [3.05, 3.63) is 105 Å². The highest BCUT2D eigenvalue weighted by Crippen LogP contribution is 2.44. The summed E-state index contributed by atoms with van der Waals surface area (Å²) in [6.45, 7) is 0. The van der Waals surface area contributed by atoms with Crippen LogP contribution in [0.2, 0.25) is 0 Å². The molecule has 1 aliphatic rings. The molecule has 1 heterocycles. The molecule has 1 unspecified atom stereocenters. The normalized spacial score (nSPS) is 17.3. The monoisotopic (exact) mass is 498 g/mol. The number of non-ortho nitro benzene ring substituents is 1. The number of ether oxygens (including phenoxy) is 1. The second-order valence-electron chi connectivity index (χ2n) is 7.80. The molecule has 1 amide bonds. The number of ketones is 1. The molecule has 1 aliphatic heterocycles. The molecule has 8 nitrogen and oxygen atoms in total. The summed E-state index contributed by atoms with van der Waals surface area (Å²) in [5.41, 5.74) is -1.92. The van der Waals surface area contributed by atoms with E-state index < -0.39 is 45.7 Å². The molecule has 1 atom stereocenters. The minimum atomic E-state index is -4.71. The summed E-state index contributed by atoms with van der Waals surface area (Å²) in [4.78, 5) is 37.6. The largest absolute Gasteiger partial charge is 0.507 e. The molecule has 3 aromatic rings. The minimum absolute atomic E-state index is 0.112. The minimum Gasteiger partial charge on any atom is -0.507 e. The van der Waals surface area contributed by atoms with Gasteiger partial charge in [0.1, 0.15) is 11.5 Å². The van der Waals surface area contributed by atoms with Gasteiger partial charge in [-0.15, -0.1) is 0 Å². The summed E-state index contributed by atoms with van der Waals surface area (Å²) in [6.07, 6.45) is -4.71. The Morgan fingerprint density at radius 1 is 1.03 bits per heavy atom. The number of halogens is 3. The summed E-state index contributed by atoms with van der Waals surface area (Å²) in [5, 5.41) is 22.3. The average molecular weight is 498 g/mol. The van der Waals surface area contributed by atoms with Crippen LogP contribution < -0.4 is 9.64 Å². The third kappa shape index (κ3) is 4.38. The number of nitro groups is 1. The Labute approximate surface area is 202 Å².